The number of thiazole rings is 1. The predicted molar refractivity (Wildman–Crippen MR) is 98.9 cm³/mol. The number of thiophene rings is 1. The maximum Gasteiger partial charge on any atom is 0.234 e. The molecule has 1 unspecified atom stereocenters. The Morgan fingerprint density at radius 2 is 2.28 bits per heavy atom. The van der Waals surface area contributed by atoms with E-state index < -0.39 is 0 Å². The fourth-order valence-corrected chi connectivity index (χ4v) is 4.66. The molecule has 25 heavy (non-hydrogen) atoms. The number of rotatable bonds is 5. The monoisotopic (exact) mass is 376 g/mol. The lowest BCUT2D eigenvalue weighted by Gasteiger charge is -2.22. The Morgan fingerprint density at radius 3 is 3.00 bits per heavy atom. The largest absolute Gasteiger partial charge is 0.376 e. The number of aromatic nitrogens is 1. The molecule has 4 nitrogen and oxygen atoms in total. The van der Waals surface area contributed by atoms with Gasteiger partial charge in [0.15, 0.2) is 5.13 Å². The van der Waals surface area contributed by atoms with E-state index in [4.69, 9.17) is 4.74 Å². The van der Waals surface area contributed by atoms with Crippen molar-refractivity contribution in [2.45, 2.75) is 25.4 Å². The van der Waals surface area contributed by atoms with E-state index in [1.807, 2.05) is 23.6 Å². The molecule has 3 heterocycles. The third kappa shape index (κ3) is 3.58. The summed E-state index contributed by atoms with van der Waals surface area (Å²) in [6, 6.07) is 8.77. The number of amides is 1. The van der Waals surface area contributed by atoms with Gasteiger partial charge in [0.2, 0.25) is 5.91 Å². The molecule has 0 bridgehead atoms. The van der Waals surface area contributed by atoms with Gasteiger partial charge in [0.25, 0.3) is 0 Å². The molecule has 3 aromatic rings. The number of benzene rings is 1. The number of nitrogens with zero attached hydrogens (tertiary/aromatic N) is 2. The zero-order valence-electron chi connectivity index (χ0n) is 13.5. The Kier molecular flexibility index (Phi) is 4.78. The van der Waals surface area contributed by atoms with Gasteiger partial charge in [-0.05, 0) is 36.4 Å². The lowest BCUT2D eigenvalue weighted by molar-refractivity contribution is -0.118. The summed E-state index contributed by atoms with van der Waals surface area (Å²) in [6.45, 7) is 1.19. The molecule has 7 heteroatoms. The minimum atomic E-state index is -0.359. The third-order valence-corrected chi connectivity index (χ3v) is 6.13. The molecular weight excluding hydrogens is 359 g/mol. The first-order valence-corrected chi connectivity index (χ1v) is 9.90. The van der Waals surface area contributed by atoms with Crippen molar-refractivity contribution in [3.63, 3.8) is 0 Å². The molecule has 4 rings (SSSR count). The Morgan fingerprint density at radius 1 is 1.36 bits per heavy atom. The van der Waals surface area contributed by atoms with Crippen LogP contribution in [0.4, 0.5) is 9.52 Å². The predicted octanol–water partition coefficient (Wildman–Crippen LogP) is 4.25. The van der Waals surface area contributed by atoms with Crippen LogP contribution in [0.1, 0.15) is 17.7 Å². The highest BCUT2D eigenvalue weighted by Crippen LogP contribution is 2.31. The summed E-state index contributed by atoms with van der Waals surface area (Å²) < 4.78 is 20.4. The van der Waals surface area contributed by atoms with Gasteiger partial charge in [0, 0.05) is 11.5 Å². The van der Waals surface area contributed by atoms with Crippen molar-refractivity contribution in [3.8, 4) is 0 Å². The van der Waals surface area contributed by atoms with Crippen LogP contribution in [-0.4, -0.2) is 30.1 Å². The number of halogens is 1. The zero-order chi connectivity index (χ0) is 17.2. The van der Waals surface area contributed by atoms with E-state index in [-0.39, 0.29) is 17.8 Å². The highest BCUT2D eigenvalue weighted by molar-refractivity contribution is 7.22. The van der Waals surface area contributed by atoms with Gasteiger partial charge in [-0.15, -0.1) is 11.3 Å². The van der Waals surface area contributed by atoms with Gasteiger partial charge < -0.3 is 4.74 Å². The van der Waals surface area contributed by atoms with Gasteiger partial charge in [0.05, 0.1) is 23.8 Å². The van der Waals surface area contributed by atoms with E-state index in [2.05, 4.69) is 4.98 Å². The first-order chi connectivity index (χ1) is 12.2. The molecule has 0 saturated carbocycles. The van der Waals surface area contributed by atoms with E-state index in [1.54, 1.807) is 22.3 Å². The van der Waals surface area contributed by atoms with Gasteiger partial charge in [-0.1, -0.05) is 23.5 Å². The van der Waals surface area contributed by atoms with Crippen LogP contribution < -0.4 is 4.90 Å². The van der Waals surface area contributed by atoms with Crippen molar-refractivity contribution < 1.29 is 13.9 Å². The highest BCUT2D eigenvalue weighted by Gasteiger charge is 2.26. The fourth-order valence-electron chi connectivity index (χ4n) is 2.95. The molecular formula is C18H17FN2O2S2. The van der Waals surface area contributed by atoms with Crippen molar-refractivity contribution in [3.05, 3.63) is 46.4 Å². The second-order valence-electron chi connectivity index (χ2n) is 5.98. The smallest absolute Gasteiger partial charge is 0.234 e. The standard InChI is InChI=1S/C18H17FN2O2S2/c19-14-6-1-7-15-17(14)20-18(25-15)21(11-12-4-2-8-23-12)16(22)10-13-5-3-9-24-13/h1,3,5-7,9,12H,2,4,8,10-11H2. The second-order valence-corrected chi connectivity index (χ2v) is 8.02. The van der Waals surface area contributed by atoms with E-state index in [0.29, 0.717) is 23.6 Å². The summed E-state index contributed by atoms with van der Waals surface area (Å²) in [5.41, 5.74) is 0.323. The van der Waals surface area contributed by atoms with E-state index in [9.17, 15) is 9.18 Å². The Hall–Kier alpha value is -1.83. The summed E-state index contributed by atoms with van der Waals surface area (Å²) in [5, 5.41) is 2.50. The van der Waals surface area contributed by atoms with Gasteiger partial charge in [-0.2, -0.15) is 0 Å². The quantitative estimate of drug-likeness (QED) is 0.668. The van der Waals surface area contributed by atoms with Gasteiger partial charge in [-0.25, -0.2) is 9.37 Å². The molecule has 1 saturated heterocycles. The Balaban J connectivity index is 1.65. The first-order valence-electron chi connectivity index (χ1n) is 8.20. The number of fused-ring (bicyclic) bond motifs is 1. The summed E-state index contributed by atoms with van der Waals surface area (Å²) >= 11 is 2.90. The molecule has 0 spiro atoms. The Labute approximate surface area is 152 Å². The molecule has 130 valence electrons. The van der Waals surface area contributed by atoms with Gasteiger partial charge in [0.1, 0.15) is 11.3 Å². The minimum absolute atomic E-state index is 0.0177. The molecule has 0 aliphatic carbocycles. The molecule has 0 radical (unpaired) electrons. The minimum Gasteiger partial charge on any atom is -0.376 e. The average Bonchev–Trinajstić information content (AvgIpc) is 3.34. The van der Waals surface area contributed by atoms with Crippen LogP contribution in [0.5, 0.6) is 0 Å². The molecule has 1 aliphatic heterocycles. The van der Waals surface area contributed by atoms with Gasteiger partial charge >= 0.3 is 0 Å². The van der Waals surface area contributed by atoms with Crippen molar-refractivity contribution in [1.29, 1.82) is 0 Å². The summed E-state index contributed by atoms with van der Waals surface area (Å²) in [4.78, 5) is 20.0. The highest BCUT2D eigenvalue weighted by atomic mass is 32.1. The molecule has 1 aliphatic rings. The van der Waals surface area contributed by atoms with Crippen LogP contribution in [0.15, 0.2) is 35.7 Å². The van der Waals surface area contributed by atoms with Crippen LogP contribution >= 0.6 is 22.7 Å². The average molecular weight is 376 g/mol. The molecule has 1 aromatic carbocycles. The van der Waals surface area contributed by atoms with Crippen LogP contribution in [-0.2, 0) is 16.0 Å². The van der Waals surface area contributed by atoms with Crippen molar-refractivity contribution in [2.75, 3.05) is 18.1 Å². The fraction of sp³-hybridized carbons (Fsp3) is 0.333. The van der Waals surface area contributed by atoms with Crippen LogP contribution in [0, 0.1) is 5.82 Å². The third-order valence-electron chi connectivity index (χ3n) is 4.21. The van der Waals surface area contributed by atoms with Crippen molar-refractivity contribution >= 4 is 43.9 Å². The molecule has 1 atom stereocenters. The number of anilines is 1. The van der Waals surface area contributed by atoms with Crippen LogP contribution in [0.2, 0.25) is 0 Å². The van der Waals surface area contributed by atoms with Crippen molar-refractivity contribution in [1.82, 2.24) is 4.98 Å². The summed E-state index contributed by atoms with van der Waals surface area (Å²) in [6.07, 6.45) is 2.28. The number of hydrogen-bond donors (Lipinski definition) is 0. The van der Waals surface area contributed by atoms with E-state index in [1.165, 1.54) is 17.4 Å². The molecule has 0 N–H and O–H groups in total. The molecule has 1 amide bonds. The summed E-state index contributed by atoms with van der Waals surface area (Å²) in [7, 11) is 0. The molecule has 2 aromatic heterocycles. The van der Waals surface area contributed by atoms with Crippen molar-refractivity contribution in [2.24, 2.45) is 0 Å². The van der Waals surface area contributed by atoms with E-state index >= 15 is 0 Å². The SMILES string of the molecule is O=C(Cc1cccs1)N(CC1CCCO1)c1nc2c(F)cccc2s1. The first kappa shape index (κ1) is 16.6. The van der Waals surface area contributed by atoms with Crippen LogP contribution in [0.3, 0.4) is 0 Å². The molecule has 1 fully saturated rings. The number of para-hydroxylation sites is 1. The maximum atomic E-state index is 14.0. The van der Waals surface area contributed by atoms with Crippen LogP contribution in [0.25, 0.3) is 10.2 Å². The lowest BCUT2D eigenvalue weighted by Crippen LogP contribution is -2.38. The normalized spacial score (nSPS) is 17.2. The summed E-state index contributed by atoms with van der Waals surface area (Å²) in [5.74, 6) is -0.389. The number of hydrogen-bond acceptors (Lipinski definition) is 5. The Bertz CT molecular complexity index is 872. The number of carbonyl (C=O) groups excluding carboxylic acids is 1. The van der Waals surface area contributed by atoms with E-state index in [0.717, 1.165) is 29.0 Å². The lowest BCUT2D eigenvalue weighted by atomic mass is 10.2. The topological polar surface area (TPSA) is 42.4 Å². The maximum absolute atomic E-state index is 14.0. The number of ether oxygens (including phenoxy) is 1. The van der Waals surface area contributed by atoms with Gasteiger partial charge in [-0.3, -0.25) is 9.69 Å². The zero-order valence-corrected chi connectivity index (χ0v) is 15.1. The second kappa shape index (κ2) is 7.19. The number of carbonyl (C=O) groups is 1.